The minimum atomic E-state index is 0.700. The van der Waals surface area contributed by atoms with Gasteiger partial charge in [-0.1, -0.05) is 29.3 Å². The van der Waals surface area contributed by atoms with Gasteiger partial charge in [-0.15, -0.1) is 0 Å². The highest BCUT2D eigenvalue weighted by atomic mass is 79.9. The van der Waals surface area contributed by atoms with Crippen LogP contribution in [0.2, 0.25) is 0 Å². The lowest BCUT2D eigenvalue weighted by molar-refractivity contribution is 0.307. The van der Waals surface area contributed by atoms with Crippen LogP contribution in [0.4, 0.5) is 0 Å². The standard InChI is InChI=1S/C12H19BrN2/c1-3-9-4-5-11(13)6-12(9)10-7-14-15(2)8-10/h7-9,11-12H,3-6H2,1-2H3. The van der Waals surface area contributed by atoms with Crippen LogP contribution in [-0.2, 0) is 7.05 Å². The van der Waals surface area contributed by atoms with E-state index in [1.807, 2.05) is 17.9 Å². The Labute approximate surface area is 100 Å². The van der Waals surface area contributed by atoms with Crippen molar-refractivity contribution in [3.63, 3.8) is 0 Å². The number of hydrogen-bond acceptors (Lipinski definition) is 1. The first-order chi connectivity index (χ1) is 7.20. The molecule has 1 saturated carbocycles. The second kappa shape index (κ2) is 4.69. The van der Waals surface area contributed by atoms with Gasteiger partial charge in [-0.25, -0.2) is 0 Å². The number of halogens is 1. The Kier molecular flexibility index (Phi) is 3.49. The third-order valence-corrected chi connectivity index (χ3v) is 4.44. The predicted molar refractivity (Wildman–Crippen MR) is 66.3 cm³/mol. The molecule has 3 heteroatoms. The van der Waals surface area contributed by atoms with E-state index in [1.54, 1.807) is 0 Å². The minimum absolute atomic E-state index is 0.700. The second-order valence-corrected chi connectivity index (χ2v) is 5.93. The van der Waals surface area contributed by atoms with Crippen molar-refractivity contribution in [1.29, 1.82) is 0 Å². The van der Waals surface area contributed by atoms with Gasteiger partial charge in [0.05, 0.1) is 6.20 Å². The normalized spacial score (nSPS) is 31.8. The molecular weight excluding hydrogens is 252 g/mol. The first-order valence-corrected chi connectivity index (χ1v) is 6.75. The maximum absolute atomic E-state index is 4.29. The van der Waals surface area contributed by atoms with Gasteiger partial charge in [0.15, 0.2) is 0 Å². The van der Waals surface area contributed by atoms with Crippen molar-refractivity contribution in [2.45, 2.75) is 43.4 Å². The van der Waals surface area contributed by atoms with Gasteiger partial charge in [-0.3, -0.25) is 4.68 Å². The monoisotopic (exact) mass is 270 g/mol. The van der Waals surface area contributed by atoms with Crippen LogP contribution >= 0.6 is 15.9 Å². The number of aryl methyl sites for hydroxylation is 1. The minimum Gasteiger partial charge on any atom is -0.276 e. The zero-order chi connectivity index (χ0) is 10.8. The first-order valence-electron chi connectivity index (χ1n) is 5.83. The Morgan fingerprint density at radius 3 is 2.93 bits per heavy atom. The molecule has 2 nitrogen and oxygen atoms in total. The third kappa shape index (κ3) is 2.44. The third-order valence-electron chi connectivity index (χ3n) is 3.61. The van der Waals surface area contributed by atoms with Crippen LogP contribution in [-0.4, -0.2) is 14.6 Å². The second-order valence-electron chi connectivity index (χ2n) is 4.63. The van der Waals surface area contributed by atoms with Crippen LogP contribution in [0.5, 0.6) is 0 Å². The van der Waals surface area contributed by atoms with Gasteiger partial charge in [0, 0.05) is 18.1 Å². The number of nitrogens with zero attached hydrogens (tertiary/aromatic N) is 2. The summed E-state index contributed by atoms with van der Waals surface area (Å²) in [6, 6.07) is 0. The molecule has 0 bridgehead atoms. The van der Waals surface area contributed by atoms with Gasteiger partial charge >= 0.3 is 0 Å². The van der Waals surface area contributed by atoms with Crippen LogP contribution in [0.1, 0.15) is 44.1 Å². The summed E-state index contributed by atoms with van der Waals surface area (Å²) in [5.74, 6) is 1.56. The Morgan fingerprint density at radius 1 is 1.53 bits per heavy atom. The van der Waals surface area contributed by atoms with Crippen molar-refractivity contribution < 1.29 is 0 Å². The molecule has 1 aromatic heterocycles. The Morgan fingerprint density at radius 2 is 2.33 bits per heavy atom. The number of alkyl halides is 1. The van der Waals surface area contributed by atoms with Crippen LogP contribution in [0.25, 0.3) is 0 Å². The highest BCUT2D eigenvalue weighted by molar-refractivity contribution is 9.09. The van der Waals surface area contributed by atoms with Gasteiger partial charge < -0.3 is 0 Å². The maximum atomic E-state index is 4.29. The van der Waals surface area contributed by atoms with Crippen molar-refractivity contribution in [3.8, 4) is 0 Å². The highest BCUT2D eigenvalue weighted by Crippen LogP contribution is 2.41. The van der Waals surface area contributed by atoms with E-state index in [2.05, 4.69) is 34.1 Å². The quantitative estimate of drug-likeness (QED) is 0.753. The smallest absolute Gasteiger partial charge is 0.0524 e. The summed E-state index contributed by atoms with van der Waals surface area (Å²) >= 11 is 3.76. The van der Waals surface area contributed by atoms with Crippen molar-refractivity contribution in [2.75, 3.05) is 0 Å². The Balaban J connectivity index is 2.16. The summed E-state index contributed by atoms with van der Waals surface area (Å²) in [5.41, 5.74) is 1.42. The van der Waals surface area contributed by atoms with E-state index in [-0.39, 0.29) is 0 Å². The van der Waals surface area contributed by atoms with E-state index < -0.39 is 0 Å². The molecule has 3 atom stereocenters. The van der Waals surface area contributed by atoms with E-state index >= 15 is 0 Å². The van der Waals surface area contributed by atoms with E-state index in [0.29, 0.717) is 10.7 Å². The average Bonchev–Trinajstić information content (AvgIpc) is 2.65. The average molecular weight is 271 g/mol. The lowest BCUT2D eigenvalue weighted by Gasteiger charge is -2.33. The lowest BCUT2D eigenvalue weighted by atomic mass is 9.75. The van der Waals surface area contributed by atoms with Crippen LogP contribution in [0, 0.1) is 5.92 Å². The van der Waals surface area contributed by atoms with Crippen LogP contribution in [0.3, 0.4) is 0 Å². The van der Waals surface area contributed by atoms with E-state index in [1.165, 1.54) is 31.2 Å². The summed E-state index contributed by atoms with van der Waals surface area (Å²) in [7, 11) is 2.00. The molecule has 3 unspecified atom stereocenters. The molecule has 0 saturated heterocycles. The summed E-state index contributed by atoms with van der Waals surface area (Å²) in [4.78, 5) is 0.700. The summed E-state index contributed by atoms with van der Waals surface area (Å²) in [6.07, 6.45) is 9.46. The molecule has 0 aliphatic heterocycles. The Bertz CT molecular complexity index is 321. The molecule has 84 valence electrons. The van der Waals surface area contributed by atoms with Gasteiger partial charge in [0.1, 0.15) is 0 Å². The maximum Gasteiger partial charge on any atom is 0.0524 e. The van der Waals surface area contributed by atoms with Crippen molar-refractivity contribution in [1.82, 2.24) is 9.78 Å². The largest absolute Gasteiger partial charge is 0.276 e. The molecule has 1 fully saturated rings. The van der Waals surface area contributed by atoms with Gasteiger partial charge in [0.25, 0.3) is 0 Å². The summed E-state index contributed by atoms with van der Waals surface area (Å²) in [5, 5.41) is 4.29. The molecule has 0 spiro atoms. The molecule has 2 rings (SSSR count). The predicted octanol–water partition coefficient (Wildman–Crippen LogP) is 3.48. The highest BCUT2D eigenvalue weighted by Gasteiger charge is 2.29. The van der Waals surface area contributed by atoms with E-state index in [9.17, 15) is 0 Å². The zero-order valence-corrected chi connectivity index (χ0v) is 11.1. The topological polar surface area (TPSA) is 17.8 Å². The SMILES string of the molecule is CCC1CCC(Br)CC1c1cnn(C)c1. The molecule has 0 aromatic carbocycles. The summed E-state index contributed by atoms with van der Waals surface area (Å²) in [6.45, 7) is 2.31. The van der Waals surface area contributed by atoms with E-state index in [4.69, 9.17) is 0 Å². The molecule has 1 aromatic rings. The number of rotatable bonds is 2. The zero-order valence-electron chi connectivity index (χ0n) is 9.49. The van der Waals surface area contributed by atoms with Crippen molar-refractivity contribution in [2.24, 2.45) is 13.0 Å². The summed E-state index contributed by atoms with van der Waals surface area (Å²) < 4.78 is 1.92. The van der Waals surface area contributed by atoms with Gasteiger partial charge in [-0.2, -0.15) is 5.10 Å². The van der Waals surface area contributed by atoms with Crippen molar-refractivity contribution in [3.05, 3.63) is 18.0 Å². The van der Waals surface area contributed by atoms with Crippen LogP contribution < -0.4 is 0 Å². The molecule has 1 aliphatic carbocycles. The molecule has 0 radical (unpaired) electrons. The lowest BCUT2D eigenvalue weighted by Crippen LogP contribution is -2.22. The molecule has 1 aliphatic rings. The van der Waals surface area contributed by atoms with Gasteiger partial charge in [-0.05, 0) is 36.7 Å². The fourth-order valence-electron chi connectivity index (χ4n) is 2.71. The molecule has 1 heterocycles. The number of aromatic nitrogens is 2. The number of hydrogen-bond donors (Lipinski definition) is 0. The molecule has 0 N–H and O–H groups in total. The molecule has 15 heavy (non-hydrogen) atoms. The van der Waals surface area contributed by atoms with Crippen molar-refractivity contribution >= 4 is 15.9 Å². The fourth-order valence-corrected chi connectivity index (χ4v) is 3.38. The first kappa shape index (κ1) is 11.2. The fraction of sp³-hybridized carbons (Fsp3) is 0.750. The van der Waals surface area contributed by atoms with Gasteiger partial charge in [0.2, 0.25) is 0 Å². The molecular formula is C12H19BrN2. The van der Waals surface area contributed by atoms with E-state index in [0.717, 1.165) is 5.92 Å². The Hall–Kier alpha value is -0.310. The van der Waals surface area contributed by atoms with Crippen LogP contribution in [0.15, 0.2) is 12.4 Å². The molecule has 0 amide bonds.